The molecule has 1 aromatic heterocycles. The van der Waals surface area contributed by atoms with Crippen molar-refractivity contribution in [2.45, 2.75) is 19.8 Å². The summed E-state index contributed by atoms with van der Waals surface area (Å²) in [6.07, 6.45) is 4.53. The van der Waals surface area contributed by atoms with Gasteiger partial charge in [-0.05, 0) is 36.1 Å². The van der Waals surface area contributed by atoms with Gasteiger partial charge in [-0.25, -0.2) is 0 Å². The van der Waals surface area contributed by atoms with Crippen molar-refractivity contribution in [1.29, 1.82) is 0 Å². The average Bonchev–Trinajstić information content (AvgIpc) is 3.09. The molecule has 3 aromatic rings. The minimum Gasteiger partial charge on any atom is -0.456 e. The molecule has 0 radical (unpaired) electrons. The van der Waals surface area contributed by atoms with Crippen LogP contribution < -0.4 is 0 Å². The van der Waals surface area contributed by atoms with Crippen molar-refractivity contribution in [2.24, 2.45) is 0 Å². The van der Waals surface area contributed by atoms with E-state index < -0.39 is 0 Å². The molecular weight excluding hydrogens is 244 g/mol. The molecule has 2 aromatic carbocycles. The minimum atomic E-state index is 0.956. The van der Waals surface area contributed by atoms with Crippen LogP contribution in [0.15, 0.2) is 58.5 Å². The first-order valence-corrected chi connectivity index (χ1v) is 7.15. The van der Waals surface area contributed by atoms with Gasteiger partial charge in [0.1, 0.15) is 11.3 Å². The third-order valence-corrected chi connectivity index (χ3v) is 4.11. The Kier molecular flexibility index (Phi) is 2.53. The van der Waals surface area contributed by atoms with Gasteiger partial charge in [0.05, 0.1) is 0 Å². The summed E-state index contributed by atoms with van der Waals surface area (Å²) in [6.45, 7) is 2.22. The molecule has 0 amide bonds. The van der Waals surface area contributed by atoms with Gasteiger partial charge in [0.2, 0.25) is 0 Å². The molecule has 0 spiro atoms. The summed E-state index contributed by atoms with van der Waals surface area (Å²) < 4.78 is 6.02. The Morgan fingerprint density at radius 1 is 1.05 bits per heavy atom. The lowest BCUT2D eigenvalue weighted by atomic mass is 10.0. The van der Waals surface area contributed by atoms with Gasteiger partial charge >= 0.3 is 0 Å². The lowest BCUT2D eigenvalue weighted by Crippen LogP contribution is -1.86. The maximum atomic E-state index is 6.02. The molecule has 0 unspecified atom stereocenters. The molecule has 0 N–H and O–H groups in total. The molecule has 98 valence electrons. The zero-order valence-corrected chi connectivity index (χ0v) is 11.5. The third kappa shape index (κ3) is 1.70. The van der Waals surface area contributed by atoms with Crippen molar-refractivity contribution < 1.29 is 4.42 Å². The molecule has 0 aliphatic heterocycles. The van der Waals surface area contributed by atoms with Crippen molar-refractivity contribution in [2.75, 3.05) is 0 Å². The molecule has 0 bridgehead atoms. The predicted molar refractivity (Wildman–Crippen MR) is 83.6 cm³/mol. The van der Waals surface area contributed by atoms with Crippen molar-refractivity contribution in [3.63, 3.8) is 0 Å². The highest BCUT2D eigenvalue weighted by Gasteiger charge is 2.17. The van der Waals surface area contributed by atoms with Crippen LogP contribution in [0.2, 0.25) is 0 Å². The lowest BCUT2D eigenvalue weighted by Gasteiger charge is -2.04. The van der Waals surface area contributed by atoms with Crippen LogP contribution in [0.1, 0.15) is 24.5 Å². The van der Waals surface area contributed by atoms with E-state index in [4.69, 9.17) is 4.42 Å². The third-order valence-electron chi connectivity index (χ3n) is 4.11. The van der Waals surface area contributed by atoms with Crippen molar-refractivity contribution >= 4 is 17.0 Å². The van der Waals surface area contributed by atoms with Crippen LogP contribution >= 0.6 is 0 Å². The average molecular weight is 260 g/mol. The molecule has 0 saturated heterocycles. The summed E-state index contributed by atoms with van der Waals surface area (Å²) in [7, 11) is 0. The van der Waals surface area contributed by atoms with Gasteiger partial charge in [-0.2, -0.15) is 0 Å². The normalized spacial score (nSPS) is 13.6. The Bertz CT molecular complexity index is 788. The highest BCUT2D eigenvalue weighted by molar-refractivity contribution is 5.86. The monoisotopic (exact) mass is 260 g/mol. The number of benzene rings is 2. The van der Waals surface area contributed by atoms with Crippen LogP contribution in [-0.2, 0) is 6.42 Å². The number of furan rings is 1. The molecule has 4 rings (SSSR count). The van der Waals surface area contributed by atoms with E-state index in [1.807, 2.05) is 18.2 Å². The van der Waals surface area contributed by atoms with Crippen LogP contribution in [0.5, 0.6) is 0 Å². The SMILES string of the molecule is CCC1=Cc2c(cccc2-c2cc3ccccc3o2)C1. The highest BCUT2D eigenvalue weighted by atomic mass is 16.3. The first-order chi connectivity index (χ1) is 9.85. The van der Waals surface area contributed by atoms with Crippen LogP contribution in [-0.4, -0.2) is 0 Å². The van der Waals surface area contributed by atoms with Gasteiger partial charge in [-0.15, -0.1) is 0 Å². The number of rotatable bonds is 2. The molecule has 0 atom stereocenters. The highest BCUT2D eigenvalue weighted by Crippen LogP contribution is 2.36. The first-order valence-electron chi connectivity index (χ1n) is 7.15. The summed E-state index contributed by atoms with van der Waals surface area (Å²) in [5, 5.41) is 1.16. The minimum absolute atomic E-state index is 0.956. The molecule has 0 fully saturated rings. The fourth-order valence-corrected chi connectivity index (χ4v) is 2.99. The number of fused-ring (bicyclic) bond motifs is 2. The summed E-state index contributed by atoms with van der Waals surface area (Å²) in [6, 6.07) is 16.8. The Hall–Kier alpha value is -2.28. The van der Waals surface area contributed by atoms with Crippen molar-refractivity contribution in [3.05, 3.63) is 65.2 Å². The quantitative estimate of drug-likeness (QED) is 0.597. The van der Waals surface area contributed by atoms with Crippen molar-refractivity contribution in [1.82, 2.24) is 0 Å². The zero-order valence-electron chi connectivity index (χ0n) is 11.5. The fraction of sp³-hybridized carbons (Fsp3) is 0.158. The molecule has 1 heterocycles. The standard InChI is InChI=1S/C19H16O/c1-2-13-10-14-7-5-8-16(17(14)11-13)19-12-15-6-3-4-9-18(15)20-19/h3-9,11-12H,2,10H2,1H3. The second kappa shape index (κ2) is 4.38. The fourth-order valence-electron chi connectivity index (χ4n) is 2.99. The smallest absolute Gasteiger partial charge is 0.136 e. The number of hydrogen-bond acceptors (Lipinski definition) is 1. The van der Waals surface area contributed by atoms with Gasteiger partial charge in [0.15, 0.2) is 0 Å². The van der Waals surface area contributed by atoms with E-state index in [0.717, 1.165) is 29.6 Å². The number of hydrogen-bond donors (Lipinski definition) is 0. The van der Waals surface area contributed by atoms with E-state index in [-0.39, 0.29) is 0 Å². The van der Waals surface area contributed by atoms with E-state index in [2.05, 4.69) is 43.3 Å². The van der Waals surface area contributed by atoms with Gasteiger partial charge in [-0.3, -0.25) is 0 Å². The second-order valence-electron chi connectivity index (χ2n) is 5.36. The van der Waals surface area contributed by atoms with E-state index in [1.54, 1.807) is 0 Å². The number of para-hydroxylation sites is 1. The lowest BCUT2D eigenvalue weighted by molar-refractivity contribution is 0.631. The Morgan fingerprint density at radius 3 is 2.80 bits per heavy atom. The molecule has 1 heteroatoms. The van der Waals surface area contributed by atoms with E-state index >= 15 is 0 Å². The van der Waals surface area contributed by atoms with Gasteiger partial charge in [-0.1, -0.05) is 55.0 Å². The Balaban J connectivity index is 1.91. The Labute approximate surface area is 118 Å². The maximum absolute atomic E-state index is 6.02. The molecular formula is C19H16O. The zero-order chi connectivity index (χ0) is 13.5. The largest absolute Gasteiger partial charge is 0.456 e. The second-order valence-corrected chi connectivity index (χ2v) is 5.36. The van der Waals surface area contributed by atoms with Gasteiger partial charge < -0.3 is 4.42 Å². The summed E-state index contributed by atoms with van der Waals surface area (Å²) in [5.74, 6) is 0.969. The van der Waals surface area contributed by atoms with Crippen LogP contribution in [0, 0.1) is 0 Å². The maximum Gasteiger partial charge on any atom is 0.136 e. The summed E-state index contributed by atoms with van der Waals surface area (Å²) in [4.78, 5) is 0. The topological polar surface area (TPSA) is 13.1 Å². The molecule has 20 heavy (non-hydrogen) atoms. The summed E-state index contributed by atoms with van der Waals surface area (Å²) >= 11 is 0. The van der Waals surface area contributed by atoms with E-state index in [1.165, 1.54) is 22.3 Å². The molecule has 1 aliphatic carbocycles. The molecule has 1 nitrogen and oxygen atoms in total. The van der Waals surface area contributed by atoms with Crippen LogP contribution in [0.25, 0.3) is 28.4 Å². The van der Waals surface area contributed by atoms with Crippen molar-refractivity contribution in [3.8, 4) is 11.3 Å². The van der Waals surface area contributed by atoms with Gasteiger partial charge in [0, 0.05) is 10.9 Å². The van der Waals surface area contributed by atoms with Crippen LogP contribution in [0.4, 0.5) is 0 Å². The first kappa shape index (κ1) is 11.5. The summed E-state index contributed by atoms with van der Waals surface area (Å²) in [5.41, 5.74) is 6.42. The number of allylic oxidation sites excluding steroid dienone is 1. The van der Waals surface area contributed by atoms with E-state index in [0.29, 0.717) is 0 Å². The molecule has 1 aliphatic rings. The van der Waals surface area contributed by atoms with Crippen LogP contribution in [0.3, 0.4) is 0 Å². The predicted octanol–water partition coefficient (Wildman–Crippen LogP) is 5.45. The van der Waals surface area contributed by atoms with E-state index in [9.17, 15) is 0 Å². The Morgan fingerprint density at radius 2 is 1.95 bits per heavy atom. The van der Waals surface area contributed by atoms with Gasteiger partial charge in [0.25, 0.3) is 0 Å². The molecule has 0 saturated carbocycles.